The van der Waals surface area contributed by atoms with E-state index in [-0.39, 0.29) is 30.7 Å². The third kappa shape index (κ3) is 5.82. The van der Waals surface area contributed by atoms with Crippen LogP contribution in [0.1, 0.15) is 15.5 Å². The van der Waals surface area contributed by atoms with E-state index in [9.17, 15) is 4.79 Å². The van der Waals surface area contributed by atoms with Crippen molar-refractivity contribution < 1.29 is 4.79 Å². The zero-order valence-corrected chi connectivity index (χ0v) is 15.9. The van der Waals surface area contributed by atoms with Gasteiger partial charge in [0.2, 0.25) is 0 Å². The minimum Gasteiger partial charge on any atom is -0.376 e. The van der Waals surface area contributed by atoms with Crippen molar-refractivity contribution in [2.75, 3.05) is 30.9 Å². The van der Waals surface area contributed by atoms with E-state index in [2.05, 4.69) is 10.3 Å². The largest absolute Gasteiger partial charge is 0.376 e. The first-order valence-corrected chi connectivity index (χ1v) is 7.69. The number of benzene rings is 1. The van der Waals surface area contributed by atoms with Crippen LogP contribution in [0.3, 0.4) is 0 Å². The van der Waals surface area contributed by atoms with Crippen molar-refractivity contribution in [3.63, 3.8) is 0 Å². The summed E-state index contributed by atoms with van der Waals surface area (Å²) in [5, 5.41) is 6.02. The summed E-state index contributed by atoms with van der Waals surface area (Å²) < 4.78 is 0. The molecule has 0 bridgehead atoms. The van der Waals surface area contributed by atoms with Gasteiger partial charge in [-0.15, -0.1) is 36.2 Å². The number of nitrogens with one attached hydrogen (secondary N) is 1. The predicted molar refractivity (Wildman–Crippen MR) is 103 cm³/mol. The van der Waals surface area contributed by atoms with Crippen molar-refractivity contribution in [2.45, 2.75) is 6.42 Å². The molecule has 3 N–H and O–H groups in total. The topological polar surface area (TPSA) is 71.2 Å². The van der Waals surface area contributed by atoms with Crippen molar-refractivity contribution >= 4 is 65.0 Å². The van der Waals surface area contributed by atoms with Crippen molar-refractivity contribution in [1.29, 1.82) is 0 Å². The molecule has 1 aromatic carbocycles. The molecule has 0 aliphatic heterocycles. The van der Waals surface area contributed by atoms with Crippen LogP contribution in [0.4, 0.5) is 11.4 Å². The fraction of sp³-hybridized carbons (Fsp3) is 0.286. The molecule has 1 heterocycles. The van der Waals surface area contributed by atoms with Gasteiger partial charge >= 0.3 is 0 Å². The number of carbonyl (C=O) groups excluding carboxylic acids is 1. The third-order valence-corrected chi connectivity index (χ3v) is 3.97. The van der Waals surface area contributed by atoms with Gasteiger partial charge in [0.05, 0.1) is 16.4 Å². The lowest BCUT2D eigenvalue weighted by Gasteiger charge is -2.17. The summed E-state index contributed by atoms with van der Waals surface area (Å²) in [5.41, 5.74) is 7.42. The number of hydrogen-bond acceptors (Lipinski definition) is 5. The summed E-state index contributed by atoms with van der Waals surface area (Å²) in [4.78, 5) is 18.4. The molecule has 128 valence electrons. The average molecular weight is 398 g/mol. The molecule has 0 unspecified atom stereocenters. The maximum absolute atomic E-state index is 12.3. The van der Waals surface area contributed by atoms with Gasteiger partial charge in [0, 0.05) is 30.9 Å². The molecule has 1 amide bonds. The van der Waals surface area contributed by atoms with E-state index in [1.165, 1.54) is 11.3 Å². The first kappa shape index (κ1) is 21.9. The predicted octanol–water partition coefficient (Wildman–Crippen LogP) is 3.46. The Morgan fingerprint density at radius 3 is 2.70 bits per heavy atom. The Hall–Kier alpha value is -1.05. The van der Waals surface area contributed by atoms with Gasteiger partial charge in [-0.1, -0.05) is 11.6 Å². The van der Waals surface area contributed by atoms with Crippen LogP contribution < -0.4 is 16.0 Å². The molecule has 1 aromatic heterocycles. The highest BCUT2D eigenvalue weighted by atomic mass is 35.5. The lowest BCUT2D eigenvalue weighted by atomic mass is 10.2. The molecule has 0 radical (unpaired) electrons. The summed E-state index contributed by atoms with van der Waals surface area (Å²) >= 11 is 7.44. The number of carbonyl (C=O) groups is 1. The van der Waals surface area contributed by atoms with Crippen LogP contribution in [-0.4, -0.2) is 31.5 Å². The second-order valence-corrected chi connectivity index (χ2v) is 6.05. The monoisotopic (exact) mass is 396 g/mol. The summed E-state index contributed by atoms with van der Waals surface area (Å²) in [7, 11) is 3.81. The molecular formula is C14H19Cl3N4OS. The second kappa shape index (κ2) is 9.95. The summed E-state index contributed by atoms with van der Waals surface area (Å²) in [6, 6.07) is 5.37. The molecule has 0 aliphatic carbocycles. The SMILES string of the molecule is CN(C)c1ccc(Cl)cc1NC(=O)c1csc(CCN)n1.Cl.Cl. The number of nitrogens with two attached hydrogens (primary N) is 1. The standard InChI is InChI=1S/C14H17ClN4OS.2ClH/c1-19(2)12-4-3-9(15)7-10(12)18-14(20)11-8-21-13(17-11)5-6-16;;/h3-4,7-8H,5-6,16H2,1-2H3,(H,18,20);2*1H. The molecule has 2 rings (SSSR count). The van der Waals surface area contributed by atoms with E-state index in [1.807, 2.05) is 25.1 Å². The number of aromatic nitrogens is 1. The van der Waals surface area contributed by atoms with Gasteiger partial charge < -0.3 is 16.0 Å². The van der Waals surface area contributed by atoms with Gasteiger partial charge in [0.15, 0.2) is 0 Å². The second-order valence-electron chi connectivity index (χ2n) is 4.68. The highest BCUT2D eigenvalue weighted by molar-refractivity contribution is 7.09. The summed E-state index contributed by atoms with van der Waals surface area (Å²) in [5.74, 6) is -0.250. The van der Waals surface area contributed by atoms with Gasteiger partial charge in [-0.3, -0.25) is 4.79 Å². The fourth-order valence-corrected chi connectivity index (χ4v) is 2.80. The van der Waals surface area contributed by atoms with Crippen molar-refractivity contribution in [2.24, 2.45) is 5.73 Å². The minimum absolute atomic E-state index is 0. The van der Waals surface area contributed by atoms with Crippen LogP contribution in [0.5, 0.6) is 0 Å². The molecule has 23 heavy (non-hydrogen) atoms. The molecule has 5 nitrogen and oxygen atoms in total. The Balaban J connectivity index is 0.00000242. The molecule has 0 spiro atoms. The molecule has 0 saturated carbocycles. The number of halogens is 3. The first-order valence-electron chi connectivity index (χ1n) is 6.44. The Morgan fingerprint density at radius 2 is 2.09 bits per heavy atom. The molecule has 0 atom stereocenters. The zero-order valence-electron chi connectivity index (χ0n) is 12.7. The van der Waals surface area contributed by atoms with E-state index in [1.54, 1.807) is 17.5 Å². The van der Waals surface area contributed by atoms with E-state index in [0.717, 1.165) is 10.7 Å². The number of nitrogens with zero attached hydrogens (tertiary/aromatic N) is 2. The number of thiazole rings is 1. The Morgan fingerprint density at radius 1 is 1.39 bits per heavy atom. The van der Waals surface area contributed by atoms with E-state index in [0.29, 0.717) is 29.4 Å². The molecule has 0 fully saturated rings. The summed E-state index contributed by atoms with van der Waals surface area (Å²) in [6.45, 7) is 0.521. The molecule has 0 aliphatic rings. The van der Waals surface area contributed by atoms with Gasteiger partial charge in [-0.2, -0.15) is 0 Å². The maximum Gasteiger partial charge on any atom is 0.275 e. The van der Waals surface area contributed by atoms with E-state index >= 15 is 0 Å². The van der Waals surface area contributed by atoms with Crippen LogP contribution in [0, 0.1) is 0 Å². The van der Waals surface area contributed by atoms with Crippen molar-refractivity contribution in [3.05, 3.63) is 39.3 Å². The average Bonchev–Trinajstić information content (AvgIpc) is 2.87. The molecule has 9 heteroatoms. The first-order chi connectivity index (χ1) is 10.0. The van der Waals surface area contributed by atoms with Gasteiger partial charge in [0.1, 0.15) is 5.69 Å². The summed E-state index contributed by atoms with van der Waals surface area (Å²) in [6.07, 6.45) is 0.679. The van der Waals surface area contributed by atoms with Crippen molar-refractivity contribution in [3.8, 4) is 0 Å². The van der Waals surface area contributed by atoms with Gasteiger partial charge in [-0.25, -0.2) is 4.98 Å². The van der Waals surface area contributed by atoms with Crippen LogP contribution >= 0.6 is 47.8 Å². The van der Waals surface area contributed by atoms with Crippen molar-refractivity contribution in [1.82, 2.24) is 4.98 Å². The Labute approximate surface area is 157 Å². The van der Waals surface area contributed by atoms with Crippen LogP contribution in [-0.2, 0) is 6.42 Å². The number of hydrogen-bond donors (Lipinski definition) is 2. The smallest absolute Gasteiger partial charge is 0.275 e. The van der Waals surface area contributed by atoms with Crippen LogP contribution in [0.15, 0.2) is 23.6 Å². The minimum atomic E-state index is -0.250. The lowest BCUT2D eigenvalue weighted by Crippen LogP contribution is -2.17. The fourth-order valence-electron chi connectivity index (χ4n) is 1.84. The lowest BCUT2D eigenvalue weighted by molar-refractivity contribution is 0.102. The number of amides is 1. The Kier molecular flexibility index (Phi) is 9.49. The third-order valence-electron chi connectivity index (χ3n) is 2.83. The molecular weight excluding hydrogens is 379 g/mol. The number of rotatable bonds is 5. The number of anilines is 2. The van der Waals surface area contributed by atoms with E-state index in [4.69, 9.17) is 17.3 Å². The Bertz CT molecular complexity index is 649. The zero-order chi connectivity index (χ0) is 15.4. The highest BCUT2D eigenvalue weighted by Gasteiger charge is 2.14. The maximum atomic E-state index is 12.3. The highest BCUT2D eigenvalue weighted by Crippen LogP contribution is 2.28. The van der Waals surface area contributed by atoms with Crippen LogP contribution in [0.25, 0.3) is 0 Å². The van der Waals surface area contributed by atoms with Crippen LogP contribution in [0.2, 0.25) is 5.02 Å². The van der Waals surface area contributed by atoms with E-state index < -0.39 is 0 Å². The molecule has 0 saturated heterocycles. The quantitative estimate of drug-likeness (QED) is 0.810. The normalized spacial score (nSPS) is 9.57. The van der Waals surface area contributed by atoms with Gasteiger partial charge in [-0.05, 0) is 24.7 Å². The van der Waals surface area contributed by atoms with Gasteiger partial charge in [0.25, 0.3) is 5.91 Å². The molecule has 2 aromatic rings.